The van der Waals surface area contributed by atoms with E-state index in [2.05, 4.69) is 35.4 Å². The van der Waals surface area contributed by atoms with Gasteiger partial charge in [-0.1, -0.05) is 0 Å². The van der Waals surface area contributed by atoms with Crippen molar-refractivity contribution < 1.29 is 4.39 Å². The Morgan fingerprint density at radius 1 is 1.03 bits per heavy atom. The number of halogens is 1. The Morgan fingerprint density at radius 3 is 2.39 bits per heavy atom. The van der Waals surface area contributed by atoms with Crippen molar-refractivity contribution in [2.45, 2.75) is 17.7 Å². The lowest BCUT2D eigenvalue weighted by atomic mass is 10.3. The number of benzene rings is 1. The molecule has 1 saturated heterocycles. The topological polar surface area (TPSA) is 68.7 Å². The fraction of sp³-hybridized carbons (Fsp3) is 0.500. The lowest BCUT2D eigenvalue weighted by Gasteiger charge is -2.34. The van der Waals surface area contributed by atoms with Gasteiger partial charge >= 0.3 is 0 Å². The van der Waals surface area contributed by atoms with Gasteiger partial charge in [0.2, 0.25) is 5.95 Å². The number of guanidine groups is 1. The maximum absolute atomic E-state index is 12.9. The fourth-order valence-corrected chi connectivity index (χ4v) is 4.21. The third-order valence-corrected chi connectivity index (χ3v) is 6.17. The smallest absolute Gasteiger partial charge is 0.225 e. The lowest BCUT2D eigenvalue weighted by molar-refractivity contribution is 0.254. The van der Waals surface area contributed by atoms with Crippen molar-refractivity contribution in [1.29, 1.82) is 0 Å². The lowest BCUT2D eigenvalue weighted by Crippen LogP contribution is -2.47. The van der Waals surface area contributed by atoms with Gasteiger partial charge in [-0.2, -0.15) is 0 Å². The molecule has 0 radical (unpaired) electrons. The second-order valence-corrected chi connectivity index (χ2v) is 8.48. The summed E-state index contributed by atoms with van der Waals surface area (Å²) in [4.78, 5) is 18.8. The summed E-state index contributed by atoms with van der Waals surface area (Å²) in [6.45, 7) is 6.84. The van der Waals surface area contributed by atoms with Gasteiger partial charge in [0.15, 0.2) is 5.96 Å². The number of aromatic nitrogens is 2. The number of hydrogen-bond acceptors (Lipinski definition) is 6. The Morgan fingerprint density at radius 2 is 1.71 bits per heavy atom. The average molecular weight is 446 g/mol. The number of hydrogen-bond donors (Lipinski definition) is 2. The quantitative estimate of drug-likeness (QED) is 0.252. The summed E-state index contributed by atoms with van der Waals surface area (Å²) >= 11 is 1.74. The van der Waals surface area contributed by atoms with Crippen LogP contribution in [0.4, 0.5) is 10.3 Å². The van der Waals surface area contributed by atoms with Gasteiger partial charge in [-0.25, -0.2) is 14.4 Å². The Kier molecular flexibility index (Phi) is 9.85. The third-order valence-electron chi connectivity index (χ3n) is 5.07. The van der Waals surface area contributed by atoms with Gasteiger partial charge < -0.3 is 15.5 Å². The van der Waals surface area contributed by atoms with Crippen LogP contribution in [0, 0.1) is 5.82 Å². The largest absolute Gasteiger partial charge is 0.356 e. The SMILES string of the molecule is CN=C(NCCCSc1ccc(F)cc1)NCCCN1CCN(c2ncccn2)CC1. The van der Waals surface area contributed by atoms with Gasteiger partial charge in [-0.3, -0.25) is 9.89 Å². The highest BCUT2D eigenvalue weighted by Gasteiger charge is 2.18. The van der Waals surface area contributed by atoms with E-state index in [-0.39, 0.29) is 5.82 Å². The van der Waals surface area contributed by atoms with Crippen LogP contribution in [-0.2, 0) is 0 Å². The first-order chi connectivity index (χ1) is 15.2. The minimum absolute atomic E-state index is 0.190. The maximum atomic E-state index is 12.9. The van der Waals surface area contributed by atoms with Crippen LogP contribution in [-0.4, -0.2) is 79.4 Å². The van der Waals surface area contributed by atoms with Gasteiger partial charge in [0.1, 0.15) is 5.82 Å². The van der Waals surface area contributed by atoms with Gasteiger partial charge in [0.05, 0.1) is 0 Å². The Bertz CT molecular complexity index is 780. The molecule has 7 nitrogen and oxygen atoms in total. The van der Waals surface area contributed by atoms with Gasteiger partial charge in [0.25, 0.3) is 0 Å². The summed E-state index contributed by atoms with van der Waals surface area (Å²) in [5.74, 6) is 2.47. The van der Waals surface area contributed by atoms with Crippen molar-refractivity contribution in [3.63, 3.8) is 0 Å². The van der Waals surface area contributed by atoms with Crippen molar-refractivity contribution in [2.75, 3.05) is 63.5 Å². The molecule has 1 aliphatic heterocycles. The minimum atomic E-state index is -0.190. The maximum Gasteiger partial charge on any atom is 0.225 e. The Labute approximate surface area is 188 Å². The van der Waals surface area contributed by atoms with Crippen LogP contribution in [0.15, 0.2) is 52.6 Å². The van der Waals surface area contributed by atoms with Crippen LogP contribution < -0.4 is 15.5 Å². The van der Waals surface area contributed by atoms with E-state index in [1.165, 1.54) is 12.1 Å². The molecule has 0 amide bonds. The van der Waals surface area contributed by atoms with Gasteiger partial charge in [-0.05, 0) is 55.5 Å². The molecule has 31 heavy (non-hydrogen) atoms. The van der Waals surface area contributed by atoms with E-state index < -0.39 is 0 Å². The van der Waals surface area contributed by atoms with Crippen LogP contribution in [0.2, 0.25) is 0 Å². The van der Waals surface area contributed by atoms with E-state index in [9.17, 15) is 4.39 Å². The molecule has 2 aromatic rings. The van der Waals surface area contributed by atoms with E-state index in [1.54, 1.807) is 31.2 Å². The number of nitrogens with one attached hydrogen (secondary N) is 2. The molecule has 9 heteroatoms. The number of anilines is 1. The highest BCUT2D eigenvalue weighted by Crippen LogP contribution is 2.18. The Balaban J connectivity index is 1.21. The molecule has 0 bridgehead atoms. The number of rotatable bonds is 10. The molecule has 0 unspecified atom stereocenters. The van der Waals surface area contributed by atoms with Crippen molar-refractivity contribution in [3.05, 3.63) is 48.5 Å². The van der Waals surface area contributed by atoms with Gasteiger partial charge in [0, 0.05) is 63.6 Å². The molecule has 0 atom stereocenters. The first-order valence-electron chi connectivity index (χ1n) is 10.8. The summed E-state index contributed by atoms with van der Waals surface area (Å²) in [7, 11) is 1.80. The van der Waals surface area contributed by atoms with Crippen molar-refractivity contribution >= 4 is 23.7 Å². The van der Waals surface area contributed by atoms with E-state index in [0.717, 1.165) is 81.2 Å². The predicted molar refractivity (Wildman–Crippen MR) is 126 cm³/mol. The number of thioether (sulfide) groups is 1. The van der Waals surface area contributed by atoms with Crippen molar-refractivity contribution in [3.8, 4) is 0 Å². The van der Waals surface area contributed by atoms with Crippen molar-refractivity contribution in [1.82, 2.24) is 25.5 Å². The standard InChI is InChI=1S/C22H32FN7S/c1-24-21(26-12-4-18-31-20-7-5-19(23)6-8-20)25-11-3-13-29-14-16-30(17-15-29)22-27-9-2-10-28-22/h2,5-10H,3-4,11-18H2,1H3,(H2,24,25,26). The average Bonchev–Trinajstić information content (AvgIpc) is 2.82. The molecule has 1 aliphatic rings. The number of piperazine rings is 1. The molecule has 1 aromatic heterocycles. The summed E-state index contributed by atoms with van der Waals surface area (Å²) < 4.78 is 12.9. The monoisotopic (exact) mass is 445 g/mol. The zero-order valence-corrected chi connectivity index (χ0v) is 19.0. The van der Waals surface area contributed by atoms with Crippen LogP contribution in [0.25, 0.3) is 0 Å². The van der Waals surface area contributed by atoms with Gasteiger partial charge in [-0.15, -0.1) is 11.8 Å². The fourth-order valence-electron chi connectivity index (χ4n) is 3.36. The molecule has 0 spiro atoms. The third kappa shape index (κ3) is 8.34. The predicted octanol–water partition coefficient (Wildman–Crippen LogP) is 2.48. The van der Waals surface area contributed by atoms with E-state index in [0.29, 0.717) is 0 Å². The molecule has 2 heterocycles. The summed E-state index contributed by atoms with van der Waals surface area (Å²) in [6.07, 6.45) is 5.68. The molecular weight excluding hydrogens is 413 g/mol. The van der Waals surface area contributed by atoms with Crippen molar-refractivity contribution in [2.24, 2.45) is 4.99 Å². The molecule has 168 valence electrons. The Hall–Kier alpha value is -2.39. The summed E-state index contributed by atoms with van der Waals surface area (Å²) in [6, 6.07) is 8.50. The molecule has 0 aliphatic carbocycles. The minimum Gasteiger partial charge on any atom is -0.356 e. The highest BCUT2D eigenvalue weighted by molar-refractivity contribution is 7.99. The molecule has 0 saturated carbocycles. The first-order valence-corrected chi connectivity index (χ1v) is 11.8. The molecular formula is C22H32FN7S. The van der Waals surface area contributed by atoms with Crippen LogP contribution in [0.3, 0.4) is 0 Å². The molecule has 1 aromatic carbocycles. The normalized spacial score (nSPS) is 15.2. The first kappa shape index (κ1) is 23.3. The van der Waals surface area contributed by atoms with E-state index in [1.807, 2.05) is 18.2 Å². The zero-order chi connectivity index (χ0) is 21.7. The summed E-state index contributed by atoms with van der Waals surface area (Å²) in [5.41, 5.74) is 0. The van der Waals surface area contributed by atoms with Crippen LogP contribution in [0.5, 0.6) is 0 Å². The van der Waals surface area contributed by atoms with E-state index in [4.69, 9.17) is 0 Å². The van der Waals surface area contributed by atoms with E-state index >= 15 is 0 Å². The van der Waals surface area contributed by atoms with Crippen LogP contribution in [0.1, 0.15) is 12.8 Å². The summed E-state index contributed by atoms with van der Waals surface area (Å²) in [5, 5.41) is 6.75. The second-order valence-electron chi connectivity index (χ2n) is 7.31. The molecule has 2 N–H and O–H groups in total. The number of aliphatic imine (C=N–C) groups is 1. The second kappa shape index (κ2) is 13.1. The zero-order valence-electron chi connectivity index (χ0n) is 18.1. The molecule has 3 rings (SSSR count). The van der Waals surface area contributed by atoms with Crippen LogP contribution >= 0.6 is 11.8 Å². The molecule has 1 fully saturated rings. The number of nitrogens with zero attached hydrogens (tertiary/aromatic N) is 5. The highest BCUT2D eigenvalue weighted by atomic mass is 32.2.